The smallest absolute Gasteiger partial charge is 0.256 e. The van der Waals surface area contributed by atoms with Crippen molar-refractivity contribution in [2.24, 2.45) is 0 Å². The number of aromatic nitrogens is 1. The van der Waals surface area contributed by atoms with Crippen LogP contribution in [0.4, 0.5) is 11.4 Å². The lowest BCUT2D eigenvalue weighted by Gasteiger charge is -2.12. The van der Waals surface area contributed by atoms with Crippen molar-refractivity contribution in [3.63, 3.8) is 0 Å². The number of pyridine rings is 1. The first-order chi connectivity index (χ1) is 13.1. The lowest BCUT2D eigenvalue weighted by molar-refractivity contribution is -0.110. The van der Waals surface area contributed by atoms with E-state index in [1.165, 1.54) is 0 Å². The van der Waals surface area contributed by atoms with Gasteiger partial charge in [0.2, 0.25) is 0 Å². The van der Waals surface area contributed by atoms with Gasteiger partial charge in [0.1, 0.15) is 0 Å². The van der Waals surface area contributed by atoms with E-state index in [0.717, 1.165) is 46.5 Å². The van der Waals surface area contributed by atoms with Crippen LogP contribution in [0.1, 0.15) is 11.1 Å². The van der Waals surface area contributed by atoms with Crippen molar-refractivity contribution < 1.29 is 4.79 Å². The summed E-state index contributed by atoms with van der Waals surface area (Å²) in [5, 5.41) is 7.41. The molecule has 3 aromatic rings. The molecule has 5 nitrogen and oxygen atoms in total. The number of amides is 1. The molecule has 0 aliphatic carbocycles. The normalized spacial score (nSPS) is 14.6. The van der Waals surface area contributed by atoms with Gasteiger partial charge in [0.15, 0.2) is 0 Å². The van der Waals surface area contributed by atoms with Crippen LogP contribution in [-0.2, 0) is 4.79 Å². The number of likely N-dealkylation sites (N-methyl/N-ethyl adjacent to an activating group) is 1. The Morgan fingerprint density at radius 2 is 2.00 bits per heavy atom. The molecule has 1 aliphatic rings. The van der Waals surface area contributed by atoms with Gasteiger partial charge in [-0.15, -0.1) is 0 Å². The number of rotatable bonds is 5. The van der Waals surface area contributed by atoms with Gasteiger partial charge in [-0.05, 0) is 56.1 Å². The molecule has 27 heavy (non-hydrogen) atoms. The Labute approximate surface area is 158 Å². The van der Waals surface area contributed by atoms with E-state index in [1.54, 1.807) is 6.20 Å². The fourth-order valence-corrected chi connectivity index (χ4v) is 3.26. The predicted octanol–water partition coefficient (Wildman–Crippen LogP) is 3.70. The molecule has 0 saturated carbocycles. The number of nitrogens with one attached hydrogen (secondary N) is 2. The highest BCUT2D eigenvalue weighted by Gasteiger charge is 2.24. The molecule has 4 rings (SSSR count). The number of anilines is 2. The zero-order valence-corrected chi connectivity index (χ0v) is 15.5. The molecule has 0 spiro atoms. The van der Waals surface area contributed by atoms with Gasteiger partial charge >= 0.3 is 0 Å². The standard InChI is InChI=1S/C22H22N4O/c1-26(2)12-11-23-16-7-8-21-18(14-16)19(22(27)25-21)13-15-9-10-24-20-6-4-3-5-17(15)20/h3-10,13-14,23H,11-12H2,1-2H3,(H,25,27). The number of nitrogens with zero attached hydrogens (tertiary/aromatic N) is 2. The molecule has 0 atom stereocenters. The number of carbonyl (C=O) groups is 1. The molecule has 0 fully saturated rings. The van der Waals surface area contributed by atoms with E-state index in [0.29, 0.717) is 5.57 Å². The van der Waals surface area contributed by atoms with E-state index in [1.807, 2.05) is 68.7 Å². The zero-order chi connectivity index (χ0) is 18.8. The van der Waals surface area contributed by atoms with Gasteiger partial charge in [-0.2, -0.15) is 0 Å². The highest BCUT2D eigenvalue weighted by molar-refractivity contribution is 6.35. The number of fused-ring (bicyclic) bond motifs is 2. The summed E-state index contributed by atoms with van der Waals surface area (Å²) in [6.07, 6.45) is 3.73. The van der Waals surface area contributed by atoms with Crippen LogP contribution < -0.4 is 10.6 Å². The van der Waals surface area contributed by atoms with Crippen LogP contribution in [0.15, 0.2) is 54.7 Å². The van der Waals surface area contributed by atoms with Gasteiger partial charge < -0.3 is 15.5 Å². The summed E-state index contributed by atoms with van der Waals surface area (Å²) in [6.45, 7) is 1.79. The second kappa shape index (κ2) is 7.21. The van der Waals surface area contributed by atoms with Crippen molar-refractivity contribution in [2.75, 3.05) is 37.8 Å². The van der Waals surface area contributed by atoms with E-state index in [2.05, 4.69) is 20.5 Å². The molecule has 1 aliphatic heterocycles. The minimum atomic E-state index is -0.0728. The predicted molar refractivity (Wildman–Crippen MR) is 112 cm³/mol. The van der Waals surface area contributed by atoms with E-state index in [4.69, 9.17) is 0 Å². The third kappa shape index (κ3) is 3.55. The van der Waals surface area contributed by atoms with Crippen molar-refractivity contribution in [2.45, 2.75) is 0 Å². The molecule has 0 saturated heterocycles. The molecule has 0 radical (unpaired) electrons. The molecule has 0 bridgehead atoms. The van der Waals surface area contributed by atoms with Gasteiger partial charge in [0.05, 0.1) is 5.52 Å². The molecule has 1 aromatic heterocycles. The van der Waals surface area contributed by atoms with E-state index >= 15 is 0 Å². The molecule has 136 valence electrons. The Hall–Kier alpha value is -3.18. The molecule has 2 heterocycles. The van der Waals surface area contributed by atoms with Gasteiger partial charge in [-0.3, -0.25) is 9.78 Å². The first kappa shape index (κ1) is 17.2. The maximum atomic E-state index is 12.6. The number of hydrogen-bond acceptors (Lipinski definition) is 4. The Bertz CT molecular complexity index is 1030. The molecule has 1 amide bonds. The molecular formula is C22H22N4O. The minimum Gasteiger partial charge on any atom is -0.384 e. The minimum absolute atomic E-state index is 0.0728. The third-order valence-electron chi connectivity index (χ3n) is 4.67. The summed E-state index contributed by atoms with van der Waals surface area (Å²) in [5.41, 5.74) is 5.38. The number of hydrogen-bond donors (Lipinski definition) is 2. The second-order valence-electron chi connectivity index (χ2n) is 6.92. The summed E-state index contributed by atoms with van der Waals surface area (Å²) >= 11 is 0. The Morgan fingerprint density at radius 1 is 1.15 bits per heavy atom. The van der Waals surface area contributed by atoms with Gasteiger partial charge in [0, 0.05) is 47.2 Å². The van der Waals surface area contributed by atoms with E-state index < -0.39 is 0 Å². The van der Waals surface area contributed by atoms with Crippen molar-refractivity contribution in [1.29, 1.82) is 0 Å². The van der Waals surface area contributed by atoms with Gasteiger partial charge in [0.25, 0.3) is 5.91 Å². The molecule has 2 aromatic carbocycles. The molecular weight excluding hydrogens is 336 g/mol. The first-order valence-electron chi connectivity index (χ1n) is 9.01. The number of benzene rings is 2. The molecule has 5 heteroatoms. The van der Waals surface area contributed by atoms with Crippen LogP contribution in [0.3, 0.4) is 0 Å². The average Bonchev–Trinajstić information content (AvgIpc) is 2.97. The van der Waals surface area contributed by atoms with Crippen LogP contribution in [0.5, 0.6) is 0 Å². The second-order valence-corrected chi connectivity index (χ2v) is 6.92. The van der Waals surface area contributed by atoms with Crippen molar-refractivity contribution in [3.05, 3.63) is 65.9 Å². The lowest BCUT2D eigenvalue weighted by atomic mass is 10.0. The summed E-state index contributed by atoms with van der Waals surface area (Å²) in [4.78, 5) is 19.1. The zero-order valence-electron chi connectivity index (χ0n) is 15.5. The number of para-hydroxylation sites is 1. The van der Waals surface area contributed by atoms with Crippen LogP contribution in [0.25, 0.3) is 22.6 Å². The highest BCUT2D eigenvalue weighted by atomic mass is 16.2. The van der Waals surface area contributed by atoms with Gasteiger partial charge in [-0.25, -0.2) is 0 Å². The van der Waals surface area contributed by atoms with Gasteiger partial charge in [-0.1, -0.05) is 18.2 Å². The average molecular weight is 358 g/mol. The Balaban J connectivity index is 1.70. The van der Waals surface area contributed by atoms with Crippen molar-refractivity contribution in [3.8, 4) is 0 Å². The lowest BCUT2D eigenvalue weighted by Crippen LogP contribution is -2.20. The van der Waals surface area contributed by atoms with Crippen LogP contribution in [0.2, 0.25) is 0 Å². The Kier molecular flexibility index (Phi) is 4.60. The quantitative estimate of drug-likeness (QED) is 0.683. The van der Waals surface area contributed by atoms with E-state index in [-0.39, 0.29) is 5.91 Å². The summed E-state index contributed by atoms with van der Waals surface area (Å²) in [5.74, 6) is -0.0728. The van der Waals surface area contributed by atoms with Crippen LogP contribution >= 0.6 is 0 Å². The molecule has 2 N–H and O–H groups in total. The molecule has 0 unspecified atom stereocenters. The van der Waals surface area contributed by atoms with Crippen LogP contribution in [-0.4, -0.2) is 43.0 Å². The third-order valence-corrected chi connectivity index (χ3v) is 4.67. The monoisotopic (exact) mass is 358 g/mol. The SMILES string of the molecule is CN(C)CCNc1ccc2c(c1)C(=Cc1ccnc3ccccc13)C(=O)N2. The van der Waals surface area contributed by atoms with Crippen LogP contribution in [0, 0.1) is 0 Å². The van der Waals surface area contributed by atoms with E-state index in [9.17, 15) is 4.79 Å². The highest BCUT2D eigenvalue weighted by Crippen LogP contribution is 2.35. The van der Waals surface area contributed by atoms with Crippen molar-refractivity contribution in [1.82, 2.24) is 9.88 Å². The fourth-order valence-electron chi connectivity index (χ4n) is 3.26. The van der Waals surface area contributed by atoms with Crippen molar-refractivity contribution >= 4 is 39.8 Å². The summed E-state index contributed by atoms with van der Waals surface area (Å²) in [6, 6.07) is 15.9. The summed E-state index contributed by atoms with van der Waals surface area (Å²) in [7, 11) is 4.10. The first-order valence-corrected chi connectivity index (χ1v) is 9.01. The fraction of sp³-hybridized carbons (Fsp3) is 0.182. The topological polar surface area (TPSA) is 57.3 Å². The number of carbonyl (C=O) groups excluding carboxylic acids is 1. The maximum Gasteiger partial charge on any atom is 0.256 e. The summed E-state index contributed by atoms with van der Waals surface area (Å²) < 4.78 is 0. The maximum absolute atomic E-state index is 12.6. The largest absolute Gasteiger partial charge is 0.384 e. The Morgan fingerprint density at radius 3 is 2.85 bits per heavy atom.